The highest BCUT2D eigenvalue weighted by atomic mass is 16.2. The van der Waals surface area contributed by atoms with Crippen LogP contribution in [-0.4, -0.2) is 32.1 Å². The van der Waals surface area contributed by atoms with Crippen LogP contribution in [0.3, 0.4) is 0 Å². The van der Waals surface area contributed by atoms with E-state index in [9.17, 15) is 4.79 Å². The number of carbonyl (C=O) groups excluding carboxylic acids is 1. The second-order valence-electron chi connectivity index (χ2n) is 6.00. The van der Waals surface area contributed by atoms with E-state index in [1.54, 1.807) is 4.90 Å². The van der Waals surface area contributed by atoms with Crippen LogP contribution in [-0.2, 0) is 13.1 Å². The van der Waals surface area contributed by atoms with Gasteiger partial charge in [0.2, 0.25) is 0 Å². The summed E-state index contributed by atoms with van der Waals surface area (Å²) in [5.41, 5.74) is 4.60. The maximum atomic E-state index is 12.2. The van der Waals surface area contributed by atoms with Gasteiger partial charge in [-0.2, -0.15) is 0 Å². The van der Waals surface area contributed by atoms with Crippen LogP contribution in [0.25, 0.3) is 0 Å². The fourth-order valence-electron chi connectivity index (χ4n) is 2.36. The third-order valence-electron chi connectivity index (χ3n) is 3.91. The molecular weight excluding hydrogens is 286 g/mol. The van der Waals surface area contributed by atoms with Gasteiger partial charge in [-0.1, -0.05) is 36.4 Å². The maximum absolute atomic E-state index is 12.2. The van der Waals surface area contributed by atoms with E-state index in [-0.39, 0.29) is 6.03 Å². The number of benzene rings is 2. The Hall–Kier alpha value is -2.49. The van der Waals surface area contributed by atoms with Crippen molar-refractivity contribution in [2.45, 2.75) is 20.0 Å². The molecule has 2 aromatic rings. The molecule has 0 aliphatic heterocycles. The molecule has 2 rings (SSSR count). The van der Waals surface area contributed by atoms with Gasteiger partial charge in [0.1, 0.15) is 0 Å². The minimum absolute atomic E-state index is 0.0649. The zero-order valence-corrected chi connectivity index (χ0v) is 14.3. The Morgan fingerprint density at radius 3 is 2.26 bits per heavy atom. The maximum Gasteiger partial charge on any atom is 0.317 e. The van der Waals surface area contributed by atoms with Gasteiger partial charge in [-0.25, -0.2) is 4.79 Å². The predicted molar refractivity (Wildman–Crippen MR) is 95.7 cm³/mol. The molecule has 0 atom stereocenters. The molecule has 0 fully saturated rings. The molecule has 0 saturated heterocycles. The van der Waals surface area contributed by atoms with Crippen molar-refractivity contribution < 1.29 is 4.79 Å². The molecule has 0 aliphatic carbocycles. The second kappa shape index (κ2) is 7.68. The monoisotopic (exact) mass is 311 g/mol. The molecule has 0 spiro atoms. The van der Waals surface area contributed by atoms with E-state index in [1.807, 2.05) is 39.3 Å². The minimum atomic E-state index is -0.0649. The van der Waals surface area contributed by atoms with Crippen molar-refractivity contribution in [2.75, 3.05) is 26.0 Å². The van der Waals surface area contributed by atoms with Gasteiger partial charge >= 0.3 is 6.03 Å². The minimum Gasteiger partial charge on any atom is -0.378 e. The molecular formula is C19H25N3O. The van der Waals surface area contributed by atoms with E-state index in [0.717, 1.165) is 16.8 Å². The SMILES string of the molecule is Cc1ccccc1CNC(=O)N(C)Cc1ccc(N(C)C)cc1. The Labute approximate surface area is 138 Å². The van der Waals surface area contributed by atoms with Crippen molar-refractivity contribution >= 4 is 11.7 Å². The topological polar surface area (TPSA) is 35.6 Å². The average Bonchev–Trinajstić information content (AvgIpc) is 2.54. The number of aryl methyl sites for hydroxylation is 1. The molecule has 0 unspecified atom stereocenters. The largest absolute Gasteiger partial charge is 0.378 e. The Bertz CT molecular complexity index is 650. The summed E-state index contributed by atoms with van der Waals surface area (Å²) in [7, 11) is 5.84. The van der Waals surface area contributed by atoms with Crippen LogP contribution in [0.5, 0.6) is 0 Å². The Kier molecular flexibility index (Phi) is 5.63. The molecule has 0 bridgehead atoms. The Balaban J connectivity index is 1.88. The summed E-state index contributed by atoms with van der Waals surface area (Å²) in [5.74, 6) is 0. The number of urea groups is 1. The summed E-state index contributed by atoms with van der Waals surface area (Å²) >= 11 is 0. The van der Waals surface area contributed by atoms with Crippen LogP contribution in [0.15, 0.2) is 48.5 Å². The highest BCUT2D eigenvalue weighted by Crippen LogP contribution is 2.13. The molecule has 4 heteroatoms. The van der Waals surface area contributed by atoms with Gasteiger partial charge in [0.05, 0.1) is 0 Å². The van der Waals surface area contributed by atoms with Crippen molar-refractivity contribution in [3.05, 3.63) is 65.2 Å². The van der Waals surface area contributed by atoms with Crippen molar-refractivity contribution in [1.82, 2.24) is 10.2 Å². The highest BCUT2D eigenvalue weighted by molar-refractivity contribution is 5.73. The number of rotatable bonds is 5. The fraction of sp³-hybridized carbons (Fsp3) is 0.316. The summed E-state index contributed by atoms with van der Waals surface area (Å²) < 4.78 is 0. The third-order valence-corrected chi connectivity index (χ3v) is 3.91. The van der Waals surface area contributed by atoms with E-state index < -0.39 is 0 Å². The number of amides is 2. The standard InChI is InChI=1S/C19H25N3O/c1-15-7-5-6-8-17(15)13-20-19(23)22(4)14-16-9-11-18(12-10-16)21(2)3/h5-12H,13-14H2,1-4H3,(H,20,23). The van der Waals surface area contributed by atoms with E-state index in [0.29, 0.717) is 13.1 Å². The molecule has 0 aliphatic rings. The lowest BCUT2D eigenvalue weighted by Gasteiger charge is -2.19. The summed E-state index contributed by atoms with van der Waals surface area (Å²) in [5, 5.41) is 2.97. The van der Waals surface area contributed by atoms with Gasteiger partial charge in [-0.05, 0) is 35.7 Å². The smallest absolute Gasteiger partial charge is 0.317 e. The van der Waals surface area contributed by atoms with Gasteiger partial charge in [0.25, 0.3) is 0 Å². The van der Waals surface area contributed by atoms with Gasteiger partial charge < -0.3 is 15.1 Å². The number of hydrogen-bond donors (Lipinski definition) is 1. The van der Waals surface area contributed by atoms with Gasteiger partial charge in [0.15, 0.2) is 0 Å². The lowest BCUT2D eigenvalue weighted by atomic mass is 10.1. The van der Waals surface area contributed by atoms with E-state index in [1.165, 1.54) is 5.56 Å². The van der Waals surface area contributed by atoms with Crippen LogP contribution < -0.4 is 10.2 Å². The van der Waals surface area contributed by atoms with Crippen LogP contribution in [0.4, 0.5) is 10.5 Å². The first-order valence-corrected chi connectivity index (χ1v) is 7.77. The Morgan fingerprint density at radius 1 is 1.00 bits per heavy atom. The zero-order valence-electron chi connectivity index (χ0n) is 14.3. The second-order valence-corrected chi connectivity index (χ2v) is 6.00. The first-order valence-electron chi connectivity index (χ1n) is 7.77. The molecule has 1 N–H and O–H groups in total. The molecule has 2 amide bonds. The number of nitrogens with zero attached hydrogens (tertiary/aromatic N) is 2. The molecule has 4 nitrogen and oxygen atoms in total. The van der Waals surface area contributed by atoms with Crippen molar-refractivity contribution in [3.8, 4) is 0 Å². The summed E-state index contributed by atoms with van der Waals surface area (Å²) in [4.78, 5) is 16.0. The summed E-state index contributed by atoms with van der Waals surface area (Å²) in [6.07, 6.45) is 0. The normalized spacial score (nSPS) is 10.3. The van der Waals surface area contributed by atoms with E-state index in [2.05, 4.69) is 47.5 Å². The number of nitrogens with one attached hydrogen (secondary N) is 1. The van der Waals surface area contributed by atoms with Gasteiger partial charge in [0, 0.05) is 39.9 Å². The van der Waals surface area contributed by atoms with Gasteiger partial charge in [-0.15, -0.1) is 0 Å². The summed E-state index contributed by atoms with van der Waals surface area (Å²) in [6.45, 7) is 3.19. The van der Waals surface area contributed by atoms with Crippen LogP contribution >= 0.6 is 0 Å². The average molecular weight is 311 g/mol. The molecule has 23 heavy (non-hydrogen) atoms. The molecule has 0 saturated carbocycles. The molecule has 0 aromatic heterocycles. The lowest BCUT2D eigenvalue weighted by molar-refractivity contribution is 0.206. The summed E-state index contributed by atoms with van der Waals surface area (Å²) in [6, 6.07) is 16.3. The molecule has 2 aromatic carbocycles. The zero-order chi connectivity index (χ0) is 16.8. The first kappa shape index (κ1) is 16.9. The third kappa shape index (κ3) is 4.74. The van der Waals surface area contributed by atoms with E-state index >= 15 is 0 Å². The number of hydrogen-bond acceptors (Lipinski definition) is 2. The quantitative estimate of drug-likeness (QED) is 0.918. The fourth-order valence-corrected chi connectivity index (χ4v) is 2.36. The lowest BCUT2D eigenvalue weighted by Crippen LogP contribution is -2.36. The van der Waals surface area contributed by atoms with Crippen molar-refractivity contribution in [2.24, 2.45) is 0 Å². The molecule has 0 heterocycles. The number of carbonyl (C=O) groups is 1. The van der Waals surface area contributed by atoms with Gasteiger partial charge in [-0.3, -0.25) is 0 Å². The molecule has 122 valence electrons. The van der Waals surface area contributed by atoms with Crippen LogP contribution in [0, 0.1) is 6.92 Å². The van der Waals surface area contributed by atoms with Crippen molar-refractivity contribution in [1.29, 1.82) is 0 Å². The highest BCUT2D eigenvalue weighted by Gasteiger charge is 2.09. The Morgan fingerprint density at radius 2 is 1.65 bits per heavy atom. The molecule has 0 radical (unpaired) electrons. The predicted octanol–water partition coefficient (Wildman–Crippen LogP) is 3.40. The van der Waals surface area contributed by atoms with Crippen molar-refractivity contribution in [3.63, 3.8) is 0 Å². The number of anilines is 1. The van der Waals surface area contributed by atoms with Crippen LogP contribution in [0.2, 0.25) is 0 Å². The van der Waals surface area contributed by atoms with E-state index in [4.69, 9.17) is 0 Å². The van der Waals surface area contributed by atoms with Crippen LogP contribution in [0.1, 0.15) is 16.7 Å². The first-order chi connectivity index (χ1) is 11.0.